The molecular formula is C12H14N2. The van der Waals surface area contributed by atoms with E-state index in [9.17, 15) is 0 Å². The maximum Gasteiger partial charge on any atom is 0.0332 e. The minimum atomic E-state index is 0.561. The van der Waals surface area contributed by atoms with Gasteiger partial charge in [0.25, 0.3) is 0 Å². The third-order valence-electron chi connectivity index (χ3n) is 2.31. The van der Waals surface area contributed by atoms with Crippen LogP contribution in [0.2, 0.25) is 0 Å². The summed E-state index contributed by atoms with van der Waals surface area (Å²) in [5.41, 5.74) is 10.3. The third kappa shape index (κ3) is 1.70. The lowest BCUT2D eigenvalue weighted by molar-refractivity contribution is 1.01. The van der Waals surface area contributed by atoms with Crippen LogP contribution in [0.3, 0.4) is 0 Å². The highest BCUT2D eigenvalue weighted by molar-refractivity contribution is 5.64. The molecule has 0 unspecified atom stereocenters. The number of H-pyrrole nitrogens is 1. The van der Waals surface area contributed by atoms with Crippen LogP contribution in [0.15, 0.2) is 36.5 Å². The summed E-state index contributed by atoms with van der Waals surface area (Å²) in [6.45, 7) is 2.66. The van der Waals surface area contributed by atoms with Gasteiger partial charge < -0.3 is 10.7 Å². The van der Waals surface area contributed by atoms with Gasteiger partial charge in [0, 0.05) is 18.4 Å². The molecule has 72 valence electrons. The average molecular weight is 186 g/mol. The SMILES string of the molecule is Cc1cccc(-c2c[nH]c(CN)c2)c1. The number of aromatic amines is 1. The molecule has 14 heavy (non-hydrogen) atoms. The smallest absolute Gasteiger partial charge is 0.0332 e. The molecule has 0 saturated carbocycles. The molecule has 1 aromatic heterocycles. The summed E-state index contributed by atoms with van der Waals surface area (Å²) in [5, 5.41) is 0. The highest BCUT2D eigenvalue weighted by Gasteiger charge is 2.00. The Morgan fingerprint density at radius 2 is 2.07 bits per heavy atom. The molecule has 0 radical (unpaired) electrons. The van der Waals surface area contributed by atoms with Gasteiger partial charge in [0.15, 0.2) is 0 Å². The minimum absolute atomic E-state index is 0.561. The fourth-order valence-corrected chi connectivity index (χ4v) is 1.55. The lowest BCUT2D eigenvalue weighted by Crippen LogP contribution is -1.94. The predicted molar refractivity (Wildman–Crippen MR) is 58.9 cm³/mol. The maximum atomic E-state index is 5.54. The summed E-state index contributed by atoms with van der Waals surface area (Å²) in [6.07, 6.45) is 2.00. The zero-order valence-electron chi connectivity index (χ0n) is 8.25. The minimum Gasteiger partial charge on any atom is -0.363 e. The lowest BCUT2D eigenvalue weighted by atomic mass is 10.1. The Balaban J connectivity index is 2.39. The van der Waals surface area contributed by atoms with Crippen molar-refractivity contribution in [2.24, 2.45) is 5.73 Å². The van der Waals surface area contributed by atoms with Crippen LogP contribution in [-0.2, 0) is 6.54 Å². The van der Waals surface area contributed by atoms with Gasteiger partial charge in [-0.3, -0.25) is 0 Å². The van der Waals surface area contributed by atoms with E-state index in [0.29, 0.717) is 6.54 Å². The molecule has 0 atom stereocenters. The Kier molecular flexibility index (Phi) is 2.37. The lowest BCUT2D eigenvalue weighted by Gasteiger charge is -1.98. The predicted octanol–water partition coefficient (Wildman–Crippen LogP) is 2.45. The first-order valence-corrected chi connectivity index (χ1v) is 4.74. The molecule has 0 fully saturated rings. The van der Waals surface area contributed by atoms with E-state index in [1.807, 2.05) is 6.20 Å². The van der Waals surface area contributed by atoms with Crippen LogP contribution in [0.4, 0.5) is 0 Å². The van der Waals surface area contributed by atoms with Gasteiger partial charge in [0.05, 0.1) is 0 Å². The molecule has 2 rings (SSSR count). The van der Waals surface area contributed by atoms with Crippen molar-refractivity contribution in [2.75, 3.05) is 0 Å². The number of hydrogen-bond acceptors (Lipinski definition) is 1. The van der Waals surface area contributed by atoms with Gasteiger partial charge in [-0.1, -0.05) is 29.8 Å². The number of rotatable bonds is 2. The topological polar surface area (TPSA) is 41.8 Å². The number of aromatic nitrogens is 1. The molecule has 0 spiro atoms. The van der Waals surface area contributed by atoms with Gasteiger partial charge in [-0.05, 0) is 24.1 Å². The molecule has 2 aromatic rings. The van der Waals surface area contributed by atoms with Gasteiger partial charge >= 0.3 is 0 Å². The van der Waals surface area contributed by atoms with Crippen LogP contribution in [0, 0.1) is 6.92 Å². The fourth-order valence-electron chi connectivity index (χ4n) is 1.55. The second-order valence-electron chi connectivity index (χ2n) is 3.49. The van der Waals surface area contributed by atoms with E-state index in [-0.39, 0.29) is 0 Å². The molecule has 3 N–H and O–H groups in total. The number of hydrogen-bond donors (Lipinski definition) is 2. The first kappa shape index (κ1) is 9.03. The van der Waals surface area contributed by atoms with Crippen LogP contribution in [0.25, 0.3) is 11.1 Å². The first-order valence-electron chi connectivity index (χ1n) is 4.74. The second-order valence-corrected chi connectivity index (χ2v) is 3.49. The summed E-state index contributed by atoms with van der Waals surface area (Å²) in [5.74, 6) is 0. The quantitative estimate of drug-likeness (QED) is 0.743. The van der Waals surface area contributed by atoms with Gasteiger partial charge in [-0.25, -0.2) is 0 Å². The van der Waals surface area contributed by atoms with Gasteiger partial charge in [-0.15, -0.1) is 0 Å². The molecule has 2 nitrogen and oxygen atoms in total. The van der Waals surface area contributed by atoms with E-state index >= 15 is 0 Å². The molecule has 0 amide bonds. The number of aryl methyl sites for hydroxylation is 1. The van der Waals surface area contributed by atoms with Crippen molar-refractivity contribution >= 4 is 0 Å². The van der Waals surface area contributed by atoms with E-state index in [4.69, 9.17) is 5.73 Å². The third-order valence-corrected chi connectivity index (χ3v) is 2.31. The number of nitrogens with one attached hydrogen (secondary N) is 1. The summed E-state index contributed by atoms with van der Waals surface area (Å²) < 4.78 is 0. The molecule has 0 aliphatic carbocycles. The van der Waals surface area contributed by atoms with Crippen molar-refractivity contribution in [1.82, 2.24) is 4.98 Å². The van der Waals surface area contributed by atoms with E-state index in [1.165, 1.54) is 16.7 Å². The largest absolute Gasteiger partial charge is 0.363 e. The first-order chi connectivity index (χ1) is 6.79. The van der Waals surface area contributed by atoms with Gasteiger partial charge in [0.1, 0.15) is 0 Å². The van der Waals surface area contributed by atoms with Crippen LogP contribution < -0.4 is 5.73 Å². The molecular weight excluding hydrogens is 172 g/mol. The normalized spacial score (nSPS) is 10.4. The second kappa shape index (κ2) is 3.68. The Morgan fingerprint density at radius 3 is 2.71 bits per heavy atom. The summed E-state index contributed by atoms with van der Waals surface area (Å²) >= 11 is 0. The monoisotopic (exact) mass is 186 g/mol. The highest BCUT2D eigenvalue weighted by atomic mass is 14.7. The van der Waals surface area contributed by atoms with Crippen molar-refractivity contribution in [3.05, 3.63) is 47.8 Å². The molecule has 1 heterocycles. The van der Waals surface area contributed by atoms with Crippen molar-refractivity contribution in [3.63, 3.8) is 0 Å². The van der Waals surface area contributed by atoms with Crippen LogP contribution in [0.1, 0.15) is 11.3 Å². The molecule has 0 saturated heterocycles. The Morgan fingerprint density at radius 1 is 1.21 bits per heavy atom. The van der Waals surface area contributed by atoms with Crippen LogP contribution >= 0.6 is 0 Å². The summed E-state index contributed by atoms with van der Waals surface area (Å²) in [6, 6.07) is 10.5. The van der Waals surface area contributed by atoms with E-state index in [0.717, 1.165) is 5.69 Å². The van der Waals surface area contributed by atoms with Crippen LogP contribution in [-0.4, -0.2) is 4.98 Å². The van der Waals surface area contributed by atoms with E-state index in [2.05, 4.69) is 42.2 Å². The highest BCUT2D eigenvalue weighted by Crippen LogP contribution is 2.20. The molecule has 1 aromatic carbocycles. The molecule has 2 heteroatoms. The Labute approximate surface area is 83.8 Å². The summed E-state index contributed by atoms with van der Waals surface area (Å²) in [4.78, 5) is 3.15. The van der Waals surface area contributed by atoms with Gasteiger partial charge in [0.2, 0.25) is 0 Å². The Bertz CT molecular complexity index is 429. The molecule has 0 aliphatic heterocycles. The van der Waals surface area contributed by atoms with Crippen molar-refractivity contribution in [1.29, 1.82) is 0 Å². The van der Waals surface area contributed by atoms with Crippen molar-refractivity contribution in [3.8, 4) is 11.1 Å². The standard InChI is InChI=1S/C12H14N2/c1-9-3-2-4-10(5-9)11-6-12(7-13)14-8-11/h2-6,8,14H,7,13H2,1H3. The van der Waals surface area contributed by atoms with Gasteiger partial charge in [-0.2, -0.15) is 0 Å². The molecule has 0 bridgehead atoms. The zero-order valence-corrected chi connectivity index (χ0v) is 8.25. The number of benzene rings is 1. The maximum absolute atomic E-state index is 5.54. The zero-order chi connectivity index (χ0) is 9.97. The molecule has 0 aliphatic rings. The van der Waals surface area contributed by atoms with E-state index < -0.39 is 0 Å². The van der Waals surface area contributed by atoms with Crippen molar-refractivity contribution < 1.29 is 0 Å². The fraction of sp³-hybridized carbons (Fsp3) is 0.167. The average Bonchev–Trinajstić information content (AvgIpc) is 2.66. The Hall–Kier alpha value is -1.54. The summed E-state index contributed by atoms with van der Waals surface area (Å²) in [7, 11) is 0. The van der Waals surface area contributed by atoms with Crippen molar-refractivity contribution in [2.45, 2.75) is 13.5 Å². The number of nitrogens with two attached hydrogens (primary N) is 1. The van der Waals surface area contributed by atoms with Crippen LogP contribution in [0.5, 0.6) is 0 Å². The van der Waals surface area contributed by atoms with E-state index in [1.54, 1.807) is 0 Å².